The summed E-state index contributed by atoms with van der Waals surface area (Å²) in [4.78, 5) is 2.28. The van der Waals surface area contributed by atoms with Crippen molar-refractivity contribution in [3.8, 4) is 0 Å². The third-order valence-electron chi connectivity index (χ3n) is 2.43. The number of rotatable bonds is 6. The van der Waals surface area contributed by atoms with Crippen molar-refractivity contribution in [3.63, 3.8) is 0 Å². The summed E-state index contributed by atoms with van der Waals surface area (Å²) in [6.45, 7) is 7.26. The van der Waals surface area contributed by atoms with Crippen LogP contribution in [0.4, 0.5) is 0 Å². The average Bonchev–Trinajstić information content (AvgIpc) is 2.66. The minimum absolute atomic E-state index is 0.528. The van der Waals surface area contributed by atoms with Gasteiger partial charge >= 0.3 is 0 Å². The van der Waals surface area contributed by atoms with Crippen molar-refractivity contribution < 1.29 is 4.42 Å². The largest absolute Gasteiger partial charge is 0.468 e. The van der Waals surface area contributed by atoms with Gasteiger partial charge in [0.05, 0.1) is 12.8 Å². The fraction of sp³-hybridized carbons (Fsp3) is 0.636. The van der Waals surface area contributed by atoms with Crippen molar-refractivity contribution in [1.29, 1.82) is 0 Å². The van der Waals surface area contributed by atoms with E-state index in [-0.39, 0.29) is 0 Å². The molecular formula is C11H20N2O. The molecule has 1 rings (SSSR count). The van der Waals surface area contributed by atoms with Crippen LogP contribution in [0.2, 0.25) is 0 Å². The van der Waals surface area contributed by atoms with Crippen LogP contribution >= 0.6 is 0 Å². The lowest BCUT2D eigenvalue weighted by Gasteiger charge is -2.23. The van der Waals surface area contributed by atoms with Gasteiger partial charge in [-0.15, -0.1) is 0 Å². The molecule has 0 fully saturated rings. The summed E-state index contributed by atoms with van der Waals surface area (Å²) in [5.74, 6) is 1.02. The highest BCUT2D eigenvalue weighted by Crippen LogP contribution is 2.06. The normalized spacial score (nSPS) is 13.4. The van der Waals surface area contributed by atoms with Crippen molar-refractivity contribution >= 4 is 0 Å². The van der Waals surface area contributed by atoms with Crippen molar-refractivity contribution in [2.24, 2.45) is 0 Å². The lowest BCUT2D eigenvalue weighted by Crippen LogP contribution is -2.37. The maximum absolute atomic E-state index is 5.30. The monoisotopic (exact) mass is 196 g/mol. The van der Waals surface area contributed by atoms with E-state index in [4.69, 9.17) is 4.42 Å². The molecule has 1 N–H and O–H groups in total. The zero-order valence-corrected chi connectivity index (χ0v) is 9.29. The van der Waals surface area contributed by atoms with Crippen LogP contribution in [-0.2, 0) is 6.54 Å². The molecule has 3 heteroatoms. The molecule has 0 spiro atoms. The molecule has 0 amide bonds. The molecule has 14 heavy (non-hydrogen) atoms. The van der Waals surface area contributed by atoms with Crippen LogP contribution in [0.25, 0.3) is 0 Å². The maximum atomic E-state index is 5.30. The summed E-state index contributed by atoms with van der Waals surface area (Å²) in [5.41, 5.74) is 0. The van der Waals surface area contributed by atoms with Crippen LogP contribution in [-0.4, -0.2) is 31.1 Å². The maximum Gasteiger partial charge on any atom is 0.117 e. The number of hydrogen-bond donors (Lipinski definition) is 1. The summed E-state index contributed by atoms with van der Waals surface area (Å²) < 4.78 is 5.30. The Bertz CT molecular complexity index is 233. The molecule has 1 unspecified atom stereocenters. The Morgan fingerprint density at radius 3 is 2.93 bits per heavy atom. The molecule has 1 heterocycles. The Kier molecular flexibility index (Phi) is 4.70. The first-order valence-corrected chi connectivity index (χ1v) is 5.17. The molecule has 1 aromatic heterocycles. The zero-order chi connectivity index (χ0) is 10.4. The second kappa shape index (κ2) is 5.83. The SMILES string of the molecule is CCNCC(C)N(C)Cc1ccco1. The lowest BCUT2D eigenvalue weighted by molar-refractivity contribution is 0.225. The lowest BCUT2D eigenvalue weighted by atomic mass is 10.3. The van der Waals surface area contributed by atoms with Crippen molar-refractivity contribution in [3.05, 3.63) is 24.2 Å². The van der Waals surface area contributed by atoms with Gasteiger partial charge in [0.2, 0.25) is 0 Å². The van der Waals surface area contributed by atoms with Gasteiger partial charge in [-0.25, -0.2) is 0 Å². The molecule has 0 aliphatic rings. The second-order valence-electron chi connectivity index (χ2n) is 3.65. The summed E-state index contributed by atoms with van der Waals surface area (Å²) in [7, 11) is 2.12. The third-order valence-corrected chi connectivity index (χ3v) is 2.43. The number of hydrogen-bond acceptors (Lipinski definition) is 3. The van der Waals surface area contributed by atoms with Crippen LogP contribution in [0.3, 0.4) is 0 Å². The van der Waals surface area contributed by atoms with Gasteiger partial charge in [-0.3, -0.25) is 4.90 Å². The molecular weight excluding hydrogens is 176 g/mol. The van der Waals surface area contributed by atoms with Crippen molar-refractivity contribution in [1.82, 2.24) is 10.2 Å². The predicted molar refractivity (Wildman–Crippen MR) is 58.2 cm³/mol. The van der Waals surface area contributed by atoms with Crippen LogP contribution in [0.5, 0.6) is 0 Å². The summed E-state index contributed by atoms with van der Waals surface area (Å²) in [6.07, 6.45) is 1.72. The zero-order valence-electron chi connectivity index (χ0n) is 9.29. The van der Waals surface area contributed by atoms with E-state index in [0.717, 1.165) is 25.4 Å². The standard InChI is InChI=1S/C11H20N2O/c1-4-12-8-10(2)13(3)9-11-6-5-7-14-11/h5-7,10,12H,4,8-9H2,1-3H3. The van der Waals surface area contributed by atoms with E-state index in [1.54, 1.807) is 6.26 Å². The molecule has 0 saturated heterocycles. The fourth-order valence-electron chi connectivity index (χ4n) is 1.31. The first-order valence-electron chi connectivity index (χ1n) is 5.17. The first kappa shape index (κ1) is 11.3. The smallest absolute Gasteiger partial charge is 0.117 e. The molecule has 1 aromatic rings. The van der Waals surface area contributed by atoms with E-state index in [1.807, 2.05) is 12.1 Å². The number of likely N-dealkylation sites (N-methyl/N-ethyl adjacent to an activating group) is 2. The highest BCUT2D eigenvalue weighted by Gasteiger charge is 2.09. The number of furan rings is 1. The molecule has 0 aliphatic heterocycles. The Balaban J connectivity index is 2.30. The topological polar surface area (TPSA) is 28.4 Å². The van der Waals surface area contributed by atoms with Crippen molar-refractivity contribution in [2.45, 2.75) is 26.4 Å². The third kappa shape index (κ3) is 3.52. The van der Waals surface area contributed by atoms with Gasteiger partial charge in [-0.05, 0) is 32.6 Å². The molecule has 0 bridgehead atoms. The van der Waals surface area contributed by atoms with Gasteiger partial charge in [0.25, 0.3) is 0 Å². The number of nitrogens with zero attached hydrogens (tertiary/aromatic N) is 1. The van der Waals surface area contributed by atoms with E-state index in [0.29, 0.717) is 6.04 Å². The average molecular weight is 196 g/mol. The molecule has 80 valence electrons. The molecule has 0 aromatic carbocycles. The summed E-state index contributed by atoms with van der Waals surface area (Å²) in [6, 6.07) is 4.47. The van der Waals surface area contributed by atoms with Crippen LogP contribution in [0.15, 0.2) is 22.8 Å². The van der Waals surface area contributed by atoms with Gasteiger partial charge < -0.3 is 9.73 Å². The van der Waals surface area contributed by atoms with E-state index >= 15 is 0 Å². The van der Waals surface area contributed by atoms with Gasteiger partial charge in [0.1, 0.15) is 5.76 Å². The Morgan fingerprint density at radius 2 is 2.36 bits per heavy atom. The second-order valence-corrected chi connectivity index (χ2v) is 3.65. The molecule has 1 atom stereocenters. The summed E-state index contributed by atoms with van der Waals surface area (Å²) in [5, 5.41) is 3.34. The van der Waals surface area contributed by atoms with Gasteiger partial charge in [-0.2, -0.15) is 0 Å². The van der Waals surface area contributed by atoms with Crippen LogP contribution in [0.1, 0.15) is 19.6 Å². The molecule has 3 nitrogen and oxygen atoms in total. The van der Waals surface area contributed by atoms with E-state index < -0.39 is 0 Å². The molecule has 0 radical (unpaired) electrons. The predicted octanol–water partition coefficient (Wildman–Crippen LogP) is 1.71. The van der Waals surface area contributed by atoms with Gasteiger partial charge in [-0.1, -0.05) is 6.92 Å². The highest BCUT2D eigenvalue weighted by molar-refractivity contribution is 4.97. The Hall–Kier alpha value is -0.800. The minimum Gasteiger partial charge on any atom is -0.468 e. The highest BCUT2D eigenvalue weighted by atomic mass is 16.3. The molecule has 0 saturated carbocycles. The van der Waals surface area contributed by atoms with Gasteiger partial charge in [0.15, 0.2) is 0 Å². The van der Waals surface area contributed by atoms with Crippen molar-refractivity contribution in [2.75, 3.05) is 20.1 Å². The Morgan fingerprint density at radius 1 is 1.57 bits per heavy atom. The van der Waals surface area contributed by atoms with E-state index in [2.05, 4.69) is 31.1 Å². The quantitative estimate of drug-likeness (QED) is 0.751. The number of nitrogens with one attached hydrogen (secondary N) is 1. The fourth-order valence-corrected chi connectivity index (χ4v) is 1.31. The molecule has 0 aliphatic carbocycles. The van der Waals surface area contributed by atoms with Crippen LogP contribution < -0.4 is 5.32 Å². The Labute approximate surface area is 86.1 Å². The minimum atomic E-state index is 0.528. The first-order chi connectivity index (χ1) is 6.74. The van der Waals surface area contributed by atoms with Crippen LogP contribution in [0, 0.1) is 0 Å². The van der Waals surface area contributed by atoms with E-state index in [9.17, 15) is 0 Å². The van der Waals surface area contributed by atoms with Gasteiger partial charge in [0, 0.05) is 12.6 Å². The van der Waals surface area contributed by atoms with E-state index in [1.165, 1.54) is 0 Å². The summed E-state index contributed by atoms with van der Waals surface area (Å²) >= 11 is 0.